The highest BCUT2D eigenvalue weighted by Crippen LogP contribution is 2.37. The topological polar surface area (TPSA) is 176 Å². The van der Waals surface area contributed by atoms with E-state index in [0.717, 1.165) is 101 Å². The molecule has 480 valence electrons. The number of halogens is 4. The monoisotopic (exact) mass is 1420 g/mol. The SMILES string of the molecule is CC1(C)C(=O)NCCN1CCOc1ccc(Br)cc1.CC1(C)NCCNC1=O.CN1CCN(CCOc2ccc(B3OC(C)(C)C(C)(C)O3)cc2)C(C)(C)C1=O.CN1CCN(CCOc2ccc(Br)cc2)C(C)(C)C1=O.ClCCOc1ccc(Br)cc1. The lowest BCUT2D eigenvalue weighted by Crippen LogP contribution is -2.62. The van der Waals surface area contributed by atoms with E-state index in [1.807, 2.05) is 167 Å². The normalized spacial score (nSPS) is 20.1. The lowest BCUT2D eigenvalue weighted by atomic mass is 9.79. The Bertz CT molecular complexity index is 2800. The molecule has 0 spiro atoms. The Morgan fingerprint density at radius 2 is 0.805 bits per heavy atom. The number of alkyl halides is 1. The quantitative estimate of drug-likeness (QED) is 0.0716. The minimum Gasteiger partial charge on any atom is -0.492 e. The highest BCUT2D eigenvalue weighted by Gasteiger charge is 2.52. The lowest BCUT2D eigenvalue weighted by Gasteiger charge is -2.44. The molecule has 0 radical (unpaired) electrons. The molecule has 5 fully saturated rings. The second-order valence-electron chi connectivity index (χ2n) is 24.8. The molecule has 0 saturated carbocycles. The Morgan fingerprint density at radius 3 is 1.15 bits per heavy atom. The molecule has 23 heteroatoms. The van der Waals surface area contributed by atoms with Crippen LogP contribution in [0.3, 0.4) is 0 Å². The number of nitrogens with one attached hydrogen (secondary N) is 3. The third kappa shape index (κ3) is 21.6. The van der Waals surface area contributed by atoms with E-state index in [1.165, 1.54) is 0 Å². The average Bonchev–Trinajstić information content (AvgIpc) is 1.81. The minimum atomic E-state index is -0.489. The Morgan fingerprint density at radius 1 is 0.460 bits per heavy atom. The van der Waals surface area contributed by atoms with E-state index in [9.17, 15) is 19.2 Å². The fourth-order valence-electron chi connectivity index (χ4n) is 9.75. The van der Waals surface area contributed by atoms with Crippen molar-refractivity contribution in [3.8, 4) is 23.0 Å². The Kier molecular flexibility index (Phi) is 27.8. The van der Waals surface area contributed by atoms with Gasteiger partial charge in [-0.05, 0) is 173 Å². The van der Waals surface area contributed by atoms with Crippen molar-refractivity contribution in [1.82, 2.24) is 40.4 Å². The molecule has 0 atom stereocenters. The zero-order chi connectivity index (χ0) is 64.4. The summed E-state index contributed by atoms with van der Waals surface area (Å²) in [6.45, 7) is 34.7. The van der Waals surface area contributed by atoms with Crippen molar-refractivity contribution >= 4 is 95.6 Å². The van der Waals surface area contributed by atoms with Crippen LogP contribution in [-0.2, 0) is 28.5 Å². The number of likely N-dealkylation sites (N-methyl/N-ethyl adjacent to an activating group) is 2. The molecule has 87 heavy (non-hydrogen) atoms. The first-order valence-corrected chi connectivity index (χ1v) is 32.6. The largest absolute Gasteiger partial charge is 0.494 e. The summed E-state index contributed by atoms with van der Waals surface area (Å²) in [5, 5.41) is 8.76. The van der Waals surface area contributed by atoms with Crippen LogP contribution in [0.25, 0.3) is 0 Å². The standard InChI is InChI=1S/C21H33BN2O4.C15H21BrN2O2.C14H19BrN2O2.C8H8BrClO.C6H12N2O/c1-19(2)18(25)23(7)12-13-24(19)14-15-26-17-10-8-16(9-11-17)22-27-20(3,4)21(5,6)28-22;1-15(2)14(19)17(3)8-9-18(15)10-11-20-13-6-4-12(16)5-7-13;1-14(2)13(18)16-7-8-17(14)9-10-19-12-5-3-11(15)4-6-12;9-7-1-3-8(4-2-7)11-6-5-10;1-6(2)5(9)7-3-4-8-6/h8-11H,12-15H2,1-7H3;4-7H,8-11H2,1-3H3;3-6H,7-10H2,1-2H3,(H,16,18);1-4H,5-6H2;8H,3-4H2,1-2H3,(H,7,9). The van der Waals surface area contributed by atoms with E-state index in [1.54, 1.807) is 9.80 Å². The number of nitrogens with zero attached hydrogens (tertiary/aromatic N) is 5. The number of rotatable bonds is 16. The average molecular weight is 1420 g/mol. The van der Waals surface area contributed by atoms with Crippen molar-refractivity contribution in [3.05, 3.63) is 110 Å². The minimum absolute atomic E-state index is 0.0855. The van der Waals surface area contributed by atoms with Crippen LogP contribution in [0, 0.1) is 0 Å². The van der Waals surface area contributed by atoms with Gasteiger partial charge in [-0.25, -0.2) is 0 Å². The van der Waals surface area contributed by atoms with Crippen molar-refractivity contribution in [2.24, 2.45) is 0 Å². The van der Waals surface area contributed by atoms with Crippen LogP contribution in [0.2, 0.25) is 0 Å². The summed E-state index contributed by atoms with van der Waals surface area (Å²) in [7, 11) is 3.36. The molecule has 4 aromatic rings. The second kappa shape index (κ2) is 33.0. The smallest absolute Gasteiger partial charge is 0.492 e. The van der Waals surface area contributed by atoms with Crippen LogP contribution in [0.15, 0.2) is 110 Å². The summed E-state index contributed by atoms with van der Waals surface area (Å²) in [6.07, 6.45) is 0. The molecule has 0 aliphatic carbocycles. The molecule has 5 aliphatic heterocycles. The number of ether oxygens (including phenoxy) is 4. The van der Waals surface area contributed by atoms with Gasteiger partial charge in [0, 0.05) is 99.5 Å². The number of benzene rings is 4. The van der Waals surface area contributed by atoms with E-state index < -0.39 is 16.6 Å². The van der Waals surface area contributed by atoms with Crippen molar-refractivity contribution in [3.63, 3.8) is 0 Å². The van der Waals surface area contributed by atoms with E-state index in [-0.39, 0.29) is 47.5 Å². The predicted molar refractivity (Wildman–Crippen MR) is 358 cm³/mol. The number of hydrogen-bond donors (Lipinski definition) is 3. The van der Waals surface area contributed by atoms with E-state index in [0.29, 0.717) is 45.4 Å². The van der Waals surface area contributed by atoms with Crippen LogP contribution < -0.4 is 40.4 Å². The summed E-state index contributed by atoms with van der Waals surface area (Å²) in [5.74, 6) is 4.39. The van der Waals surface area contributed by atoms with Gasteiger partial charge in [-0.15, -0.1) is 11.6 Å². The summed E-state index contributed by atoms with van der Waals surface area (Å²) in [6, 6.07) is 31.1. The molecule has 4 aromatic carbocycles. The van der Waals surface area contributed by atoms with Crippen LogP contribution in [-0.4, -0.2) is 207 Å². The van der Waals surface area contributed by atoms with Gasteiger partial charge >= 0.3 is 7.12 Å². The zero-order valence-corrected chi connectivity index (χ0v) is 59.0. The molecule has 9 rings (SSSR count). The van der Waals surface area contributed by atoms with Gasteiger partial charge in [-0.3, -0.25) is 33.9 Å². The number of carbonyl (C=O) groups excluding carboxylic acids is 4. The molecular formula is C64H93BBr3ClN8O10. The zero-order valence-electron chi connectivity index (χ0n) is 53.5. The first kappa shape index (κ1) is 73.3. The van der Waals surface area contributed by atoms with Crippen molar-refractivity contribution in [1.29, 1.82) is 0 Å². The molecule has 0 unspecified atom stereocenters. The molecule has 3 N–H and O–H groups in total. The molecule has 5 heterocycles. The van der Waals surface area contributed by atoms with E-state index in [2.05, 4.69) is 106 Å². The van der Waals surface area contributed by atoms with Gasteiger partial charge in [0.05, 0.1) is 39.2 Å². The van der Waals surface area contributed by atoms with Gasteiger partial charge in [-0.1, -0.05) is 59.9 Å². The lowest BCUT2D eigenvalue weighted by molar-refractivity contribution is -0.147. The molecule has 5 aliphatic rings. The van der Waals surface area contributed by atoms with Crippen LogP contribution in [0.5, 0.6) is 23.0 Å². The third-order valence-electron chi connectivity index (χ3n) is 16.4. The highest BCUT2D eigenvalue weighted by molar-refractivity contribution is 9.11. The van der Waals surface area contributed by atoms with E-state index in [4.69, 9.17) is 39.9 Å². The fourth-order valence-corrected chi connectivity index (χ4v) is 10.6. The van der Waals surface area contributed by atoms with Crippen LogP contribution in [0.1, 0.15) is 83.1 Å². The molecule has 18 nitrogen and oxygen atoms in total. The number of hydrogen-bond acceptors (Lipinski definition) is 14. The maximum atomic E-state index is 12.4. The van der Waals surface area contributed by atoms with Crippen molar-refractivity contribution in [2.45, 2.75) is 116 Å². The molecule has 4 amide bonds. The summed E-state index contributed by atoms with van der Waals surface area (Å²) in [4.78, 5) is 57.4. The molecular weight excluding hydrogens is 1330 g/mol. The van der Waals surface area contributed by atoms with Gasteiger partial charge in [0.1, 0.15) is 49.4 Å². The van der Waals surface area contributed by atoms with Gasteiger partial charge in [-0.2, -0.15) is 0 Å². The number of piperazine rings is 4. The van der Waals surface area contributed by atoms with Gasteiger partial charge < -0.3 is 54.0 Å². The Balaban J connectivity index is 0.000000209. The van der Waals surface area contributed by atoms with Crippen LogP contribution in [0.4, 0.5) is 0 Å². The first-order chi connectivity index (χ1) is 40.8. The van der Waals surface area contributed by atoms with Crippen LogP contribution >= 0.6 is 59.4 Å². The predicted octanol–water partition coefficient (Wildman–Crippen LogP) is 8.89. The van der Waals surface area contributed by atoms with Gasteiger partial charge in [0.2, 0.25) is 23.6 Å². The molecule has 5 saturated heterocycles. The van der Waals surface area contributed by atoms with Crippen molar-refractivity contribution in [2.75, 3.05) is 118 Å². The maximum absolute atomic E-state index is 12.4. The van der Waals surface area contributed by atoms with Gasteiger partial charge in [0.15, 0.2) is 0 Å². The first-order valence-electron chi connectivity index (χ1n) is 29.7. The number of amides is 4. The third-order valence-corrected chi connectivity index (χ3v) is 18.1. The van der Waals surface area contributed by atoms with Crippen molar-refractivity contribution < 1.29 is 47.4 Å². The molecule has 0 bridgehead atoms. The summed E-state index contributed by atoms with van der Waals surface area (Å²) < 4.78 is 37.9. The highest BCUT2D eigenvalue weighted by atomic mass is 79.9. The second-order valence-corrected chi connectivity index (χ2v) is 27.9. The Hall–Kier alpha value is -4.49. The Labute approximate surface area is 548 Å². The summed E-state index contributed by atoms with van der Waals surface area (Å²) >= 11 is 15.6. The summed E-state index contributed by atoms with van der Waals surface area (Å²) in [5.41, 5.74) is -1.47. The van der Waals surface area contributed by atoms with Gasteiger partial charge in [0.25, 0.3) is 0 Å². The fraction of sp³-hybridized carbons (Fsp3) is 0.562. The molecule has 0 aromatic heterocycles. The maximum Gasteiger partial charge on any atom is 0.494 e. The number of carbonyl (C=O) groups is 4. The van der Waals surface area contributed by atoms with E-state index >= 15 is 0 Å².